The Kier molecular flexibility index (Phi) is 3.05. The molecule has 0 radical (unpaired) electrons. The van der Waals surface area contributed by atoms with Crippen molar-refractivity contribution in [3.8, 4) is 0 Å². The Morgan fingerprint density at radius 1 is 1.57 bits per heavy atom. The summed E-state index contributed by atoms with van der Waals surface area (Å²) >= 11 is 0. The molecule has 0 bridgehead atoms. The maximum absolute atomic E-state index is 10.5. The number of aliphatic hydroxyl groups excluding tert-OH is 1. The van der Waals surface area contributed by atoms with Crippen LogP contribution in [-0.4, -0.2) is 39.0 Å². The lowest BCUT2D eigenvalue weighted by atomic mass is 9.86. The number of hydrogen-bond acceptors (Lipinski definition) is 4. The molecule has 0 saturated heterocycles. The van der Waals surface area contributed by atoms with Gasteiger partial charge in [-0.1, -0.05) is 24.3 Å². The lowest BCUT2D eigenvalue weighted by Crippen LogP contribution is -2.47. The van der Waals surface area contributed by atoms with Crippen LogP contribution < -0.4 is 5.73 Å². The van der Waals surface area contributed by atoms with Crippen LogP contribution in [0.15, 0.2) is 24.3 Å². The first-order chi connectivity index (χ1) is 6.46. The van der Waals surface area contributed by atoms with Crippen LogP contribution in [0.3, 0.4) is 0 Å². The molecule has 78 valence electrons. The second-order valence-corrected chi connectivity index (χ2v) is 3.33. The summed E-state index contributed by atoms with van der Waals surface area (Å²) < 4.78 is 0. The summed E-state index contributed by atoms with van der Waals surface area (Å²) in [6, 6.07) is -1.19. The summed E-state index contributed by atoms with van der Waals surface area (Å²) in [6.07, 6.45) is 4.52. The van der Waals surface area contributed by atoms with Gasteiger partial charge in [0.25, 0.3) is 0 Å². The Balaban J connectivity index is 2.71. The van der Waals surface area contributed by atoms with Gasteiger partial charge in [0.15, 0.2) is 0 Å². The Morgan fingerprint density at radius 3 is 2.71 bits per heavy atom. The third-order valence-corrected chi connectivity index (χ3v) is 2.17. The highest BCUT2D eigenvalue weighted by Gasteiger charge is 2.36. The van der Waals surface area contributed by atoms with Crippen LogP contribution in [0.25, 0.3) is 0 Å². The van der Waals surface area contributed by atoms with Crippen LogP contribution in [0.4, 0.5) is 0 Å². The van der Waals surface area contributed by atoms with Gasteiger partial charge in [-0.05, 0) is 0 Å². The number of carboxylic acid groups (broad SMARTS) is 1. The highest BCUT2D eigenvalue weighted by Crippen LogP contribution is 2.23. The van der Waals surface area contributed by atoms with Crippen LogP contribution in [0, 0.1) is 0 Å². The summed E-state index contributed by atoms with van der Waals surface area (Å²) in [4.78, 5) is 10.5. The van der Waals surface area contributed by atoms with E-state index in [1.165, 1.54) is 12.2 Å². The first kappa shape index (κ1) is 10.9. The molecule has 5 heteroatoms. The summed E-state index contributed by atoms with van der Waals surface area (Å²) in [5.74, 6) is -1.20. The van der Waals surface area contributed by atoms with Crippen molar-refractivity contribution in [3.63, 3.8) is 0 Å². The number of carboxylic acids is 1. The Morgan fingerprint density at radius 2 is 2.21 bits per heavy atom. The second kappa shape index (κ2) is 3.91. The maximum Gasteiger partial charge on any atom is 0.320 e. The van der Waals surface area contributed by atoms with Crippen molar-refractivity contribution in [2.45, 2.75) is 24.2 Å². The van der Waals surface area contributed by atoms with Gasteiger partial charge < -0.3 is 21.1 Å². The summed E-state index contributed by atoms with van der Waals surface area (Å²) in [5, 5.41) is 27.8. The van der Waals surface area contributed by atoms with E-state index in [4.69, 9.17) is 10.8 Å². The fraction of sp³-hybridized carbons (Fsp3) is 0.444. The lowest BCUT2D eigenvalue weighted by Gasteiger charge is -2.31. The third-order valence-electron chi connectivity index (χ3n) is 2.17. The van der Waals surface area contributed by atoms with E-state index in [0.29, 0.717) is 0 Å². The molecule has 0 amide bonds. The monoisotopic (exact) mass is 199 g/mol. The molecule has 3 atom stereocenters. The minimum Gasteiger partial charge on any atom is -0.480 e. The molecule has 0 aromatic heterocycles. The van der Waals surface area contributed by atoms with Gasteiger partial charge in [0.05, 0.1) is 0 Å². The quantitative estimate of drug-likeness (QED) is 0.467. The van der Waals surface area contributed by atoms with Crippen molar-refractivity contribution in [2.75, 3.05) is 0 Å². The van der Waals surface area contributed by atoms with Gasteiger partial charge in [0.1, 0.15) is 17.7 Å². The van der Waals surface area contributed by atoms with E-state index < -0.39 is 23.7 Å². The topological polar surface area (TPSA) is 104 Å². The minimum absolute atomic E-state index is 0.218. The summed E-state index contributed by atoms with van der Waals surface area (Å²) in [6.45, 7) is 0. The number of hydrogen-bond donors (Lipinski definition) is 4. The van der Waals surface area contributed by atoms with Crippen LogP contribution >= 0.6 is 0 Å². The average Bonchev–Trinajstić information content (AvgIpc) is 2.10. The van der Waals surface area contributed by atoms with E-state index >= 15 is 0 Å². The van der Waals surface area contributed by atoms with Crippen molar-refractivity contribution in [1.29, 1.82) is 0 Å². The molecule has 1 aliphatic rings. The second-order valence-electron chi connectivity index (χ2n) is 3.33. The summed E-state index contributed by atoms with van der Waals surface area (Å²) in [7, 11) is 0. The SMILES string of the molecule is N[C@@H](CC1(O)C=CC=CC1O)C(=O)O. The highest BCUT2D eigenvalue weighted by molar-refractivity contribution is 5.73. The first-order valence-corrected chi connectivity index (χ1v) is 4.20. The predicted octanol–water partition coefficient (Wildman–Crippen LogP) is -0.994. The number of allylic oxidation sites excluding steroid dienone is 2. The normalized spacial score (nSPS) is 32.9. The number of aliphatic carboxylic acids is 1. The molecular weight excluding hydrogens is 186 g/mol. The van der Waals surface area contributed by atoms with E-state index in [1.54, 1.807) is 12.2 Å². The van der Waals surface area contributed by atoms with Gasteiger partial charge in [0, 0.05) is 6.42 Å². The van der Waals surface area contributed by atoms with Crippen molar-refractivity contribution < 1.29 is 20.1 Å². The molecule has 0 fully saturated rings. The minimum atomic E-state index is -1.58. The number of rotatable bonds is 3. The van der Waals surface area contributed by atoms with Gasteiger partial charge in [-0.2, -0.15) is 0 Å². The predicted molar refractivity (Wildman–Crippen MR) is 49.5 cm³/mol. The van der Waals surface area contributed by atoms with Crippen LogP contribution in [0.2, 0.25) is 0 Å². The zero-order chi connectivity index (χ0) is 10.8. The van der Waals surface area contributed by atoms with E-state index in [-0.39, 0.29) is 6.42 Å². The van der Waals surface area contributed by atoms with Crippen molar-refractivity contribution in [3.05, 3.63) is 24.3 Å². The molecule has 1 rings (SSSR count). The highest BCUT2D eigenvalue weighted by atomic mass is 16.4. The number of nitrogens with two attached hydrogens (primary N) is 1. The smallest absolute Gasteiger partial charge is 0.320 e. The van der Waals surface area contributed by atoms with Gasteiger partial charge in [-0.15, -0.1) is 0 Å². The maximum atomic E-state index is 10.5. The largest absolute Gasteiger partial charge is 0.480 e. The van der Waals surface area contributed by atoms with Gasteiger partial charge in [-0.3, -0.25) is 4.79 Å². The van der Waals surface area contributed by atoms with Crippen molar-refractivity contribution in [1.82, 2.24) is 0 Å². The summed E-state index contributed by atoms with van der Waals surface area (Å²) in [5.41, 5.74) is 3.69. The molecule has 0 aromatic rings. The van der Waals surface area contributed by atoms with E-state index in [2.05, 4.69) is 0 Å². The fourth-order valence-corrected chi connectivity index (χ4v) is 1.29. The molecule has 1 aliphatic carbocycles. The van der Waals surface area contributed by atoms with Crippen LogP contribution in [0.5, 0.6) is 0 Å². The molecule has 0 spiro atoms. The molecule has 5 N–H and O–H groups in total. The standard InChI is InChI=1S/C9H13NO4/c10-6(8(12)13)5-9(14)4-2-1-3-7(9)11/h1-4,6-7,11,14H,5,10H2,(H,12,13)/t6-,7?,9?/m0/s1. The van der Waals surface area contributed by atoms with E-state index in [9.17, 15) is 15.0 Å². The number of carbonyl (C=O) groups is 1. The van der Waals surface area contributed by atoms with E-state index in [1.807, 2.05) is 0 Å². The van der Waals surface area contributed by atoms with E-state index in [0.717, 1.165) is 0 Å². The molecular formula is C9H13NO4. The number of aliphatic hydroxyl groups is 2. The Hall–Kier alpha value is -1.17. The molecule has 0 aromatic carbocycles. The molecule has 2 unspecified atom stereocenters. The van der Waals surface area contributed by atoms with Crippen molar-refractivity contribution >= 4 is 5.97 Å². The van der Waals surface area contributed by atoms with Crippen molar-refractivity contribution in [2.24, 2.45) is 5.73 Å². The zero-order valence-corrected chi connectivity index (χ0v) is 7.50. The fourth-order valence-electron chi connectivity index (χ4n) is 1.29. The molecule has 14 heavy (non-hydrogen) atoms. The zero-order valence-electron chi connectivity index (χ0n) is 7.50. The van der Waals surface area contributed by atoms with Crippen LogP contribution in [0.1, 0.15) is 6.42 Å². The molecule has 0 saturated carbocycles. The third kappa shape index (κ3) is 2.20. The van der Waals surface area contributed by atoms with Crippen LogP contribution in [-0.2, 0) is 4.79 Å². The molecule has 0 heterocycles. The van der Waals surface area contributed by atoms with Gasteiger partial charge in [-0.25, -0.2) is 0 Å². The Labute approximate surface area is 81.2 Å². The average molecular weight is 199 g/mol. The lowest BCUT2D eigenvalue weighted by molar-refractivity contribution is -0.140. The first-order valence-electron chi connectivity index (χ1n) is 4.20. The molecule has 0 aliphatic heterocycles. The van der Waals surface area contributed by atoms with Gasteiger partial charge >= 0.3 is 5.97 Å². The molecule has 5 nitrogen and oxygen atoms in total. The Bertz CT molecular complexity index is 287. The van der Waals surface area contributed by atoms with Gasteiger partial charge in [0.2, 0.25) is 0 Å².